The maximum Gasteiger partial charge on any atom is 0.320 e. The van der Waals surface area contributed by atoms with Gasteiger partial charge in [0.15, 0.2) is 0 Å². The maximum absolute atomic E-state index is 12.4. The zero-order chi connectivity index (χ0) is 13.7. The molecule has 104 valence electrons. The number of nitrogens with zero attached hydrogens (tertiary/aromatic N) is 2. The SMILES string of the molecule is CCN(CC(C)C)C(=O)N1CCCC1CC(=O)O. The molecule has 2 amide bonds. The van der Waals surface area contributed by atoms with Crippen molar-refractivity contribution in [2.45, 2.75) is 46.1 Å². The Labute approximate surface area is 109 Å². The molecule has 5 nitrogen and oxygen atoms in total. The van der Waals surface area contributed by atoms with Crippen LogP contribution in [0, 0.1) is 5.92 Å². The summed E-state index contributed by atoms with van der Waals surface area (Å²) in [5.74, 6) is -0.402. The average Bonchev–Trinajstić information content (AvgIpc) is 2.71. The van der Waals surface area contributed by atoms with Crippen LogP contribution in [0.4, 0.5) is 4.79 Å². The fourth-order valence-electron chi connectivity index (χ4n) is 2.47. The van der Waals surface area contributed by atoms with Gasteiger partial charge in [-0.1, -0.05) is 13.8 Å². The predicted octanol–water partition coefficient (Wildman–Crippen LogP) is 2.02. The number of carboxylic acid groups (broad SMARTS) is 1. The van der Waals surface area contributed by atoms with Gasteiger partial charge in [-0.15, -0.1) is 0 Å². The molecular weight excluding hydrogens is 232 g/mol. The van der Waals surface area contributed by atoms with Crippen molar-refractivity contribution in [2.24, 2.45) is 5.92 Å². The molecule has 0 bridgehead atoms. The van der Waals surface area contributed by atoms with Gasteiger partial charge in [0.05, 0.1) is 6.42 Å². The second kappa shape index (κ2) is 6.61. The Morgan fingerprint density at radius 1 is 1.44 bits per heavy atom. The highest BCUT2D eigenvalue weighted by molar-refractivity contribution is 5.76. The van der Waals surface area contributed by atoms with Crippen molar-refractivity contribution >= 4 is 12.0 Å². The second-order valence-electron chi connectivity index (χ2n) is 5.30. The zero-order valence-corrected chi connectivity index (χ0v) is 11.6. The molecule has 0 radical (unpaired) electrons. The minimum absolute atomic E-state index is 0.00468. The lowest BCUT2D eigenvalue weighted by molar-refractivity contribution is -0.138. The molecule has 1 saturated heterocycles. The van der Waals surface area contributed by atoms with Crippen molar-refractivity contribution < 1.29 is 14.7 Å². The van der Waals surface area contributed by atoms with E-state index in [1.807, 2.05) is 11.8 Å². The van der Waals surface area contributed by atoms with Gasteiger partial charge in [-0.05, 0) is 25.7 Å². The van der Waals surface area contributed by atoms with Crippen molar-refractivity contribution in [3.05, 3.63) is 0 Å². The second-order valence-corrected chi connectivity index (χ2v) is 5.30. The molecule has 1 rings (SSSR count). The van der Waals surface area contributed by atoms with E-state index in [1.54, 1.807) is 4.90 Å². The van der Waals surface area contributed by atoms with Gasteiger partial charge in [0.2, 0.25) is 0 Å². The van der Waals surface area contributed by atoms with Crippen molar-refractivity contribution in [1.29, 1.82) is 0 Å². The van der Waals surface area contributed by atoms with Gasteiger partial charge >= 0.3 is 12.0 Å². The Morgan fingerprint density at radius 3 is 2.61 bits per heavy atom. The Bertz CT molecular complexity index is 305. The summed E-state index contributed by atoms with van der Waals surface area (Å²) in [4.78, 5) is 26.7. The molecule has 1 unspecified atom stereocenters. The van der Waals surface area contributed by atoms with Crippen LogP contribution in [0.1, 0.15) is 40.0 Å². The minimum Gasteiger partial charge on any atom is -0.481 e. The van der Waals surface area contributed by atoms with E-state index in [9.17, 15) is 9.59 Å². The molecule has 1 heterocycles. The lowest BCUT2D eigenvalue weighted by Crippen LogP contribution is -2.47. The molecule has 0 aromatic heterocycles. The van der Waals surface area contributed by atoms with Crippen LogP contribution in [-0.2, 0) is 4.79 Å². The van der Waals surface area contributed by atoms with Gasteiger partial charge in [-0.25, -0.2) is 4.79 Å². The van der Waals surface area contributed by atoms with E-state index < -0.39 is 5.97 Å². The lowest BCUT2D eigenvalue weighted by atomic mass is 10.1. The van der Waals surface area contributed by atoms with Crippen LogP contribution >= 0.6 is 0 Å². The Morgan fingerprint density at radius 2 is 2.11 bits per heavy atom. The monoisotopic (exact) mass is 256 g/mol. The number of carboxylic acids is 1. The van der Waals surface area contributed by atoms with Gasteiger partial charge in [-0.3, -0.25) is 4.79 Å². The summed E-state index contributed by atoms with van der Waals surface area (Å²) in [7, 11) is 0. The lowest BCUT2D eigenvalue weighted by Gasteiger charge is -2.31. The molecule has 0 spiro atoms. The van der Waals surface area contributed by atoms with Crippen molar-refractivity contribution in [1.82, 2.24) is 9.80 Å². The molecule has 1 fully saturated rings. The van der Waals surface area contributed by atoms with Crippen LogP contribution in [-0.4, -0.2) is 52.6 Å². The van der Waals surface area contributed by atoms with Crippen LogP contribution in [0.2, 0.25) is 0 Å². The van der Waals surface area contributed by atoms with Crippen molar-refractivity contribution in [3.63, 3.8) is 0 Å². The minimum atomic E-state index is -0.827. The maximum atomic E-state index is 12.4. The zero-order valence-electron chi connectivity index (χ0n) is 11.6. The van der Waals surface area contributed by atoms with Crippen LogP contribution in [0.25, 0.3) is 0 Å². The molecular formula is C13H24N2O3. The molecule has 1 N–H and O–H groups in total. The normalized spacial score (nSPS) is 19.3. The first kappa shape index (κ1) is 14.8. The van der Waals surface area contributed by atoms with Gasteiger partial charge in [0.25, 0.3) is 0 Å². The molecule has 1 aliphatic rings. The number of carbonyl (C=O) groups excluding carboxylic acids is 1. The third kappa shape index (κ3) is 3.89. The number of aliphatic carboxylic acids is 1. The largest absolute Gasteiger partial charge is 0.481 e. The van der Waals surface area contributed by atoms with E-state index >= 15 is 0 Å². The number of amides is 2. The predicted molar refractivity (Wildman–Crippen MR) is 69.5 cm³/mol. The Balaban J connectivity index is 2.65. The Kier molecular flexibility index (Phi) is 5.44. The first-order chi connectivity index (χ1) is 8.45. The van der Waals surface area contributed by atoms with Gasteiger partial charge < -0.3 is 14.9 Å². The number of hydrogen-bond acceptors (Lipinski definition) is 2. The van der Waals surface area contributed by atoms with E-state index in [1.165, 1.54) is 0 Å². The number of hydrogen-bond donors (Lipinski definition) is 1. The molecule has 0 aromatic rings. The molecule has 18 heavy (non-hydrogen) atoms. The molecule has 1 atom stereocenters. The topological polar surface area (TPSA) is 60.9 Å². The van der Waals surface area contributed by atoms with E-state index in [4.69, 9.17) is 5.11 Å². The highest BCUT2D eigenvalue weighted by atomic mass is 16.4. The van der Waals surface area contributed by atoms with Crippen molar-refractivity contribution in [2.75, 3.05) is 19.6 Å². The first-order valence-corrected chi connectivity index (χ1v) is 6.73. The molecule has 0 aliphatic carbocycles. The Hall–Kier alpha value is -1.26. The fraction of sp³-hybridized carbons (Fsp3) is 0.846. The number of urea groups is 1. The highest BCUT2D eigenvalue weighted by Gasteiger charge is 2.32. The summed E-state index contributed by atoms with van der Waals surface area (Å²) in [6.45, 7) is 8.20. The highest BCUT2D eigenvalue weighted by Crippen LogP contribution is 2.22. The van der Waals surface area contributed by atoms with E-state index in [0.29, 0.717) is 19.0 Å². The summed E-state index contributed by atoms with van der Waals surface area (Å²) in [6, 6.07) is -0.133. The van der Waals surface area contributed by atoms with Crippen LogP contribution < -0.4 is 0 Å². The summed E-state index contributed by atoms with van der Waals surface area (Å²) >= 11 is 0. The van der Waals surface area contributed by atoms with Crippen LogP contribution in [0.15, 0.2) is 0 Å². The number of rotatable bonds is 5. The van der Waals surface area contributed by atoms with Gasteiger partial charge in [0.1, 0.15) is 0 Å². The standard InChI is InChI=1S/C13H24N2O3/c1-4-14(9-10(2)3)13(18)15-7-5-6-11(15)8-12(16)17/h10-11H,4-9H2,1-3H3,(H,16,17). The first-order valence-electron chi connectivity index (χ1n) is 6.73. The van der Waals surface area contributed by atoms with Gasteiger partial charge in [-0.2, -0.15) is 0 Å². The average molecular weight is 256 g/mol. The van der Waals surface area contributed by atoms with Crippen molar-refractivity contribution in [3.8, 4) is 0 Å². The fourth-order valence-corrected chi connectivity index (χ4v) is 2.47. The van der Waals surface area contributed by atoms with E-state index in [2.05, 4.69) is 13.8 Å². The molecule has 5 heteroatoms. The summed E-state index contributed by atoms with van der Waals surface area (Å²) < 4.78 is 0. The third-order valence-corrected chi connectivity index (χ3v) is 3.27. The molecule has 0 saturated carbocycles. The van der Waals surface area contributed by atoms with Crippen LogP contribution in [0.3, 0.4) is 0 Å². The smallest absolute Gasteiger partial charge is 0.320 e. The summed E-state index contributed by atoms with van der Waals surface area (Å²) in [6.07, 6.45) is 1.77. The van der Waals surface area contributed by atoms with Gasteiger partial charge in [0, 0.05) is 25.7 Å². The third-order valence-electron chi connectivity index (χ3n) is 3.27. The number of likely N-dealkylation sites (tertiary alicyclic amines) is 1. The summed E-state index contributed by atoms with van der Waals surface area (Å²) in [5, 5.41) is 8.86. The summed E-state index contributed by atoms with van der Waals surface area (Å²) in [5.41, 5.74) is 0. The van der Waals surface area contributed by atoms with E-state index in [-0.39, 0.29) is 18.5 Å². The van der Waals surface area contributed by atoms with E-state index in [0.717, 1.165) is 19.4 Å². The van der Waals surface area contributed by atoms with Crippen LogP contribution in [0.5, 0.6) is 0 Å². The quantitative estimate of drug-likeness (QED) is 0.818. The molecule has 1 aliphatic heterocycles. The number of carbonyl (C=O) groups is 2. The molecule has 0 aromatic carbocycles.